The van der Waals surface area contributed by atoms with Gasteiger partial charge < -0.3 is 4.74 Å². The number of aromatic nitrogens is 1. The first kappa shape index (κ1) is 11.7. The summed E-state index contributed by atoms with van der Waals surface area (Å²) in [5.41, 5.74) is 0.511. The average molecular weight is 252 g/mol. The number of carbonyl (C=O) groups excluding carboxylic acids is 1. The third kappa shape index (κ3) is 2.49. The summed E-state index contributed by atoms with van der Waals surface area (Å²) >= 11 is 1.26. The number of thiazole rings is 1. The van der Waals surface area contributed by atoms with E-state index in [1.807, 2.05) is 6.92 Å². The van der Waals surface area contributed by atoms with Crippen LogP contribution in [-0.4, -0.2) is 17.7 Å². The standard InChI is InChI=1S/C11H9FN2O2S/c1-2-3-16-11-14-9-5-8(13-6-15)7(12)4-10(9)17-11/h4-5H,2-3H2,1H3. The summed E-state index contributed by atoms with van der Waals surface area (Å²) in [5.74, 6) is -0.563. The molecular weight excluding hydrogens is 243 g/mol. The van der Waals surface area contributed by atoms with E-state index in [2.05, 4.69) is 9.98 Å². The zero-order chi connectivity index (χ0) is 12.3. The predicted octanol–water partition coefficient (Wildman–Crippen LogP) is 3.19. The van der Waals surface area contributed by atoms with Gasteiger partial charge in [-0.3, -0.25) is 0 Å². The fourth-order valence-electron chi connectivity index (χ4n) is 1.30. The molecule has 88 valence electrons. The van der Waals surface area contributed by atoms with Crippen LogP contribution in [0.25, 0.3) is 10.2 Å². The molecule has 2 rings (SSSR count). The molecule has 1 heterocycles. The number of hydrogen-bond acceptors (Lipinski definition) is 5. The first-order valence-electron chi connectivity index (χ1n) is 5.05. The highest BCUT2D eigenvalue weighted by molar-refractivity contribution is 7.20. The number of nitrogens with zero attached hydrogens (tertiary/aromatic N) is 2. The van der Waals surface area contributed by atoms with Crippen LogP contribution >= 0.6 is 11.3 Å². The maximum absolute atomic E-state index is 13.4. The molecule has 0 saturated heterocycles. The molecule has 0 radical (unpaired) electrons. The van der Waals surface area contributed by atoms with Gasteiger partial charge in [0.05, 0.1) is 16.8 Å². The lowest BCUT2D eigenvalue weighted by molar-refractivity contribution is 0.316. The molecule has 0 aliphatic rings. The van der Waals surface area contributed by atoms with Gasteiger partial charge in [0.1, 0.15) is 5.69 Å². The van der Waals surface area contributed by atoms with Crippen LogP contribution in [0.3, 0.4) is 0 Å². The van der Waals surface area contributed by atoms with Gasteiger partial charge in [-0.05, 0) is 18.6 Å². The van der Waals surface area contributed by atoms with E-state index >= 15 is 0 Å². The van der Waals surface area contributed by atoms with Gasteiger partial charge in [-0.2, -0.15) is 4.99 Å². The predicted molar refractivity (Wildman–Crippen MR) is 63.1 cm³/mol. The zero-order valence-electron chi connectivity index (χ0n) is 9.07. The molecule has 0 amide bonds. The van der Waals surface area contributed by atoms with E-state index in [9.17, 15) is 9.18 Å². The summed E-state index contributed by atoms with van der Waals surface area (Å²) in [6.45, 7) is 2.56. The van der Waals surface area contributed by atoms with Crippen LogP contribution in [0.1, 0.15) is 13.3 Å². The van der Waals surface area contributed by atoms with Gasteiger partial charge in [-0.25, -0.2) is 14.2 Å². The molecule has 0 saturated carbocycles. The zero-order valence-corrected chi connectivity index (χ0v) is 9.88. The van der Waals surface area contributed by atoms with E-state index in [1.165, 1.54) is 29.5 Å². The number of hydrogen-bond donors (Lipinski definition) is 0. The number of aliphatic imine (C=N–C) groups is 1. The fraction of sp³-hybridized carbons (Fsp3) is 0.273. The number of benzene rings is 1. The van der Waals surface area contributed by atoms with Gasteiger partial charge in [0.15, 0.2) is 5.82 Å². The Kier molecular flexibility index (Phi) is 3.46. The van der Waals surface area contributed by atoms with Gasteiger partial charge >= 0.3 is 0 Å². The number of ether oxygens (including phenoxy) is 1. The lowest BCUT2D eigenvalue weighted by atomic mass is 10.3. The number of halogens is 1. The summed E-state index contributed by atoms with van der Waals surface area (Å²) < 4.78 is 19.5. The topological polar surface area (TPSA) is 51.6 Å². The molecule has 6 heteroatoms. The summed E-state index contributed by atoms with van der Waals surface area (Å²) in [6.07, 6.45) is 2.19. The van der Waals surface area contributed by atoms with E-state index < -0.39 is 5.82 Å². The smallest absolute Gasteiger partial charge is 0.274 e. The highest BCUT2D eigenvalue weighted by Crippen LogP contribution is 2.32. The first-order chi connectivity index (χ1) is 8.24. The van der Waals surface area contributed by atoms with Gasteiger partial charge in [0.25, 0.3) is 5.19 Å². The van der Waals surface area contributed by atoms with Crippen molar-refractivity contribution in [2.24, 2.45) is 4.99 Å². The van der Waals surface area contributed by atoms with Crippen molar-refractivity contribution < 1.29 is 13.9 Å². The van der Waals surface area contributed by atoms with Gasteiger partial charge in [-0.1, -0.05) is 18.3 Å². The van der Waals surface area contributed by atoms with Crippen molar-refractivity contribution >= 4 is 33.3 Å². The average Bonchev–Trinajstić information content (AvgIpc) is 2.69. The highest BCUT2D eigenvalue weighted by Gasteiger charge is 2.09. The Morgan fingerprint density at radius 3 is 3.12 bits per heavy atom. The molecule has 1 aromatic carbocycles. The highest BCUT2D eigenvalue weighted by atomic mass is 32.1. The van der Waals surface area contributed by atoms with Crippen molar-refractivity contribution in [2.75, 3.05) is 6.61 Å². The van der Waals surface area contributed by atoms with Crippen LogP contribution in [0.2, 0.25) is 0 Å². The van der Waals surface area contributed by atoms with Crippen molar-refractivity contribution in [3.8, 4) is 5.19 Å². The van der Waals surface area contributed by atoms with Gasteiger partial charge in [0.2, 0.25) is 6.08 Å². The first-order valence-corrected chi connectivity index (χ1v) is 5.87. The molecule has 0 atom stereocenters. The fourth-order valence-corrected chi connectivity index (χ4v) is 2.15. The Labute approximate surface area is 101 Å². The largest absolute Gasteiger partial charge is 0.470 e. The molecule has 0 unspecified atom stereocenters. The third-order valence-corrected chi connectivity index (χ3v) is 2.96. The van der Waals surface area contributed by atoms with E-state index in [1.54, 1.807) is 0 Å². The summed E-state index contributed by atoms with van der Waals surface area (Å²) in [4.78, 5) is 17.6. The van der Waals surface area contributed by atoms with Crippen LogP contribution in [-0.2, 0) is 4.79 Å². The molecule has 0 fully saturated rings. The Morgan fingerprint density at radius 2 is 2.41 bits per heavy atom. The van der Waals surface area contributed by atoms with Crippen molar-refractivity contribution in [3.05, 3.63) is 17.9 Å². The van der Waals surface area contributed by atoms with Crippen LogP contribution in [0.15, 0.2) is 17.1 Å². The molecule has 0 aliphatic heterocycles. The third-order valence-electron chi connectivity index (χ3n) is 2.03. The van der Waals surface area contributed by atoms with E-state index in [0.717, 1.165) is 6.42 Å². The SMILES string of the molecule is CCCOc1nc2cc(N=C=O)c(F)cc2s1. The maximum atomic E-state index is 13.4. The van der Waals surface area contributed by atoms with Crippen LogP contribution < -0.4 is 4.74 Å². The molecular formula is C11H9FN2O2S. The van der Waals surface area contributed by atoms with Gasteiger partial charge in [-0.15, -0.1) is 0 Å². The van der Waals surface area contributed by atoms with Crippen LogP contribution in [0, 0.1) is 5.82 Å². The summed E-state index contributed by atoms with van der Waals surface area (Å²) in [5, 5.41) is 0.494. The van der Waals surface area contributed by atoms with Crippen molar-refractivity contribution in [1.82, 2.24) is 4.98 Å². The molecule has 2 aromatic rings. The minimum absolute atomic E-state index is 0.0557. The van der Waals surface area contributed by atoms with Gasteiger partial charge in [0, 0.05) is 0 Å². The molecule has 17 heavy (non-hydrogen) atoms. The second-order valence-corrected chi connectivity index (χ2v) is 4.30. The Balaban J connectivity index is 2.43. The number of fused-ring (bicyclic) bond motifs is 1. The number of rotatable bonds is 4. The Hall–Kier alpha value is -1.78. The van der Waals surface area contributed by atoms with Crippen molar-refractivity contribution in [2.45, 2.75) is 13.3 Å². The molecule has 4 nitrogen and oxygen atoms in total. The molecule has 0 N–H and O–H groups in total. The van der Waals surface area contributed by atoms with Crippen LogP contribution in [0.4, 0.5) is 10.1 Å². The lowest BCUT2D eigenvalue weighted by Gasteiger charge is -1.95. The van der Waals surface area contributed by atoms with Crippen LogP contribution in [0.5, 0.6) is 5.19 Å². The minimum Gasteiger partial charge on any atom is -0.470 e. The van der Waals surface area contributed by atoms with E-state index in [0.29, 0.717) is 22.0 Å². The number of isocyanates is 1. The molecule has 0 spiro atoms. The van der Waals surface area contributed by atoms with Crippen molar-refractivity contribution in [3.63, 3.8) is 0 Å². The Morgan fingerprint density at radius 1 is 1.59 bits per heavy atom. The summed E-state index contributed by atoms with van der Waals surface area (Å²) in [7, 11) is 0. The normalized spacial score (nSPS) is 10.2. The second-order valence-electron chi connectivity index (χ2n) is 3.30. The quantitative estimate of drug-likeness (QED) is 0.620. The lowest BCUT2D eigenvalue weighted by Crippen LogP contribution is -1.93. The van der Waals surface area contributed by atoms with E-state index in [-0.39, 0.29) is 5.69 Å². The molecule has 1 aromatic heterocycles. The molecule has 0 bridgehead atoms. The minimum atomic E-state index is -0.563. The monoisotopic (exact) mass is 252 g/mol. The maximum Gasteiger partial charge on any atom is 0.274 e. The Bertz CT molecular complexity index is 590. The second kappa shape index (κ2) is 5.03. The van der Waals surface area contributed by atoms with E-state index in [4.69, 9.17) is 4.74 Å². The van der Waals surface area contributed by atoms with Crippen molar-refractivity contribution in [1.29, 1.82) is 0 Å². The summed E-state index contributed by atoms with van der Waals surface area (Å²) in [6, 6.07) is 2.70. The molecule has 0 aliphatic carbocycles.